The van der Waals surface area contributed by atoms with Crippen molar-refractivity contribution in [1.82, 2.24) is 15.1 Å². The van der Waals surface area contributed by atoms with Crippen LogP contribution in [0.3, 0.4) is 0 Å². The summed E-state index contributed by atoms with van der Waals surface area (Å²) in [5.41, 5.74) is 3.28. The van der Waals surface area contributed by atoms with E-state index in [1.807, 2.05) is 19.1 Å². The number of amides is 1. The Bertz CT molecular complexity index is 560. The van der Waals surface area contributed by atoms with Gasteiger partial charge in [-0.3, -0.25) is 9.69 Å². The molecule has 0 bridgehead atoms. The molecule has 0 radical (unpaired) electrons. The summed E-state index contributed by atoms with van der Waals surface area (Å²) in [6, 6.07) is 6.86. The van der Waals surface area contributed by atoms with Gasteiger partial charge in [0.25, 0.3) is 0 Å². The van der Waals surface area contributed by atoms with Gasteiger partial charge in [-0.05, 0) is 38.4 Å². The quantitative estimate of drug-likeness (QED) is 0.861. The van der Waals surface area contributed by atoms with E-state index < -0.39 is 0 Å². The molecule has 2 fully saturated rings. The molecule has 5 nitrogen and oxygen atoms in total. The van der Waals surface area contributed by atoms with Crippen LogP contribution in [-0.2, 0) is 4.79 Å². The average molecular weight is 330 g/mol. The molecule has 2 aliphatic heterocycles. The number of aryl methyl sites for hydroxylation is 2. The zero-order valence-electron chi connectivity index (χ0n) is 15.0. The van der Waals surface area contributed by atoms with Gasteiger partial charge in [0.2, 0.25) is 5.91 Å². The summed E-state index contributed by atoms with van der Waals surface area (Å²) >= 11 is 0. The molecule has 1 aromatic carbocycles. The van der Waals surface area contributed by atoms with Crippen LogP contribution in [0.15, 0.2) is 18.2 Å². The smallest absolute Gasteiger partial charge is 0.225 e. The Labute approximate surface area is 145 Å². The van der Waals surface area contributed by atoms with Crippen LogP contribution in [0.2, 0.25) is 0 Å². The molecule has 0 saturated carbocycles. The van der Waals surface area contributed by atoms with Crippen LogP contribution in [0, 0.1) is 13.8 Å². The summed E-state index contributed by atoms with van der Waals surface area (Å²) < 4.78 is 0. The van der Waals surface area contributed by atoms with E-state index in [1.165, 1.54) is 12.0 Å². The standard InChI is InChI=1S/C19H30N4O/c1-15-3-4-18(16(2)13-15)21-19(24)6-8-22-9-11-23(12-10-22)17-5-7-20-14-17/h3-4,13,17,20H,5-12,14H2,1-2H3,(H,21,24). The Morgan fingerprint density at radius 2 is 2.04 bits per heavy atom. The minimum atomic E-state index is 0.115. The maximum atomic E-state index is 12.2. The summed E-state index contributed by atoms with van der Waals surface area (Å²) in [6.07, 6.45) is 1.84. The molecular formula is C19H30N4O. The molecule has 0 spiro atoms. The number of nitrogens with one attached hydrogen (secondary N) is 2. The number of benzene rings is 1. The second-order valence-corrected chi connectivity index (χ2v) is 7.14. The van der Waals surface area contributed by atoms with Crippen molar-refractivity contribution in [2.45, 2.75) is 32.7 Å². The normalized spacial score (nSPS) is 22.7. The molecule has 2 N–H and O–H groups in total. The number of hydrogen-bond acceptors (Lipinski definition) is 4. The van der Waals surface area contributed by atoms with Gasteiger partial charge < -0.3 is 15.5 Å². The van der Waals surface area contributed by atoms with Crippen molar-refractivity contribution in [2.24, 2.45) is 0 Å². The van der Waals surface area contributed by atoms with E-state index in [-0.39, 0.29) is 5.91 Å². The van der Waals surface area contributed by atoms with Crippen molar-refractivity contribution in [1.29, 1.82) is 0 Å². The van der Waals surface area contributed by atoms with E-state index in [2.05, 4.69) is 33.4 Å². The van der Waals surface area contributed by atoms with Crippen LogP contribution in [0.1, 0.15) is 24.0 Å². The molecule has 2 aliphatic rings. The molecule has 2 heterocycles. The minimum absolute atomic E-state index is 0.115. The fraction of sp³-hybridized carbons (Fsp3) is 0.632. The lowest BCUT2D eigenvalue weighted by molar-refractivity contribution is -0.116. The van der Waals surface area contributed by atoms with Crippen LogP contribution in [0.4, 0.5) is 5.69 Å². The topological polar surface area (TPSA) is 47.6 Å². The van der Waals surface area contributed by atoms with E-state index in [0.717, 1.165) is 63.1 Å². The van der Waals surface area contributed by atoms with E-state index in [0.29, 0.717) is 6.42 Å². The first kappa shape index (κ1) is 17.4. The number of carbonyl (C=O) groups is 1. The Kier molecular flexibility index (Phi) is 5.87. The fourth-order valence-corrected chi connectivity index (χ4v) is 3.73. The second kappa shape index (κ2) is 8.10. The molecule has 3 rings (SSSR count). The van der Waals surface area contributed by atoms with E-state index >= 15 is 0 Å². The largest absolute Gasteiger partial charge is 0.326 e. The van der Waals surface area contributed by atoms with Crippen LogP contribution in [0.25, 0.3) is 0 Å². The number of carbonyl (C=O) groups excluding carboxylic acids is 1. The van der Waals surface area contributed by atoms with Gasteiger partial charge in [-0.25, -0.2) is 0 Å². The highest BCUT2D eigenvalue weighted by atomic mass is 16.1. The Morgan fingerprint density at radius 1 is 1.25 bits per heavy atom. The number of rotatable bonds is 5. The molecule has 2 saturated heterocycles. The summed E-state index contributed by atoms with van der Waals surface area (Å²) in [4.78, 5) is 17.2. The molecule has 1 aromatic rings. The Morgan fingerprint density at radius 3 is 2.71 bits per heavy atom. The molecule has 1 amide bonds. The van der Waals surface area contributed by atoms with Crippen molar-refractivity contribution in [2.75, 3.05) is 51.1 Å². The number of hydrogen-bond donors (Lipinski definition) is 2. The lowest BCUT2D eigenvalue weighted by Crippen LogP contribution is -2.51. The molecule has 5 heteroatoms. The van der Waals surface area contributed by atoms with Crippen molar-refractivity contribution in [3.63, 3.8) is 0 Å². The zero-order valence-corrected chi connectivity index (χ0v) is 15.0. The zero-order chi connectivity index (χ0) is 16.9. The maximum Gasteiger partial charge on any atom is 0.225 e. The van der Waals surface area contributed by atoms with Gasteiger partial charge >= 0.3 is 0 Å². The first-order chi connectivity index (χ1) is 11.6. The first-order valence-corrected chi connectivity index (χ1v) is 9.16. The highest BCUT2D eigenvalue weighted by Gasteiger charge is 2.25. The van der Waals surface area contributed by atoms with E-state index in [9.17, 15) is 4.79 Å². The van der Waals surface area contributed by atoms with Gasteiger partial charge in [0.15, 0.2) is 0 Å². The van der Waals surface area contributed by atoms with Crippen molar-refractivity contribution in [3.05, 3.63) is 29.3 Å². The molecule has 1 atom stereocenters. The number of piperazine rings is 1. The highest BCUT2D eigenvalue weighted by Crippen LogP contribution is 2.16. The maximum absolute atomic E-state index is 12.2. The predicted molar refractivity (Wildman–Crippen MR) is 98.5 cm³/mol. The summed E-state index contributed by atoms with van der Waals surface area (Å²) in [5.74, 6) is 0.115. The number of nitrogens with zero attached hydrogens (tertiary/aromatic N) is 2. The lowest BCUT2D eigenvalue weighted by Gasteiger charge is -2.37. The Balaban J connectivity index is 1.39. The third-order valence-corrected chi connectivity index (χ3v) is 5.27. The molecule has 1 unspecified atom stereocenters. The first-order valence-electron chi connectivity index (χ1n) is 9.16. The van der Waals surface area contributed by atoms with Crippen LogP contribution in [0.5, 0.6) is 0 Å². The highest BCUT2D eigenvalue weighted by molar-refractivity contribution is 5.91. The third-order valence-electron chi connectivity index (χ3n) is 5.27. The van der Waals surface area contributed by atoms with E-state index in [4.69, 9.17) is 0 Å². The molecule has 0 aliphatic carbocycles. The SMILES string of the molecule is Cc1ccc(NC(=O)CCN2CCN(C3CCNC3)CC2)c(C)c1. The third kappa shape index (κ3) is 4.56. The fourth-order valence-electron chi connectivity index (χ4n) is 3.73. The second-order valence-electron chi connectivity index (χ2n) is 7.14. The van der Waals surface area contributed by atoms with Crippen LogP contribution < -0.4 is 10.6 Å². The van der Waals surface area contributed by atoms with Gasteiger partial charge in [0, 0.05) is 57.4 Å². The van der Waals surface area contributed by atoms with Crippen molar-refractivity contribution >= 4 is 11.6 Å². The van der Waals surface area contributed by atoms with Gasteiger partial charge in [0.1, 0.15) is 0 Å². The summed E-state index contributed by atoms with van der Waals surface area (Å²) in [6.45, 7) is 11.7. The minimum Gasteiger partial charge on any atom is -0.326 e. The van der Waals surface area contributed by atoms with Gasteiger partial charge in [-0.1, -0.05) is 17.7 Å². The van der Waals surface area contributed by atoms with Gasteiger partial charge in [0.05, 0.1) is 0 Å². The predicted octanol–water partition coefficient (Wildman–Crippen LogP) is 1.61. The van der Waals surface area contributed by atoms with Gasteiger partial charge in [-0.2, -0.15) is 0 Å². The number of anilines is 1. The lowest BCUT2D eigenvalue weighted by atomic mass is 10.1. The van der Waals surface area contributed by atoms with Gasteiger partial charge in [-0.15, -0.1) is 0 Å². The monoisotopic (exact) mass is 330 g/mol. The average Bonchev–Trinajstić information content (AvgIpc) is 3.11. The van der Waals surface area contributed by atoms with Crippen LogP contribution >= 0.6 is 0 Å². The summed E-state index contributed by atoms with van der Waals surface area (Å²) in [5, 5.41) is 6.49. The van der Waals surface area contributed by atoms with Crippen LogP contribution in [-0.4, -0.2) is 67.6 Å². The summed E-state index contributed by atoms with van der Waals surface area (Å²) in [7, 11) is 0. The van der Waals surface area contributed by atoms with Crippen molar-refractivity contribution in [3.8, 4) is 0 Å². The van der Waals surface area contributed by atoms with Crippen molar-refractivity contribution < 1.29 is 4.79 Å². The molecule has 132 valence electrons. The molecular weight excluding hydrogens is 300 g/mol. The Hall–Kier alpha value is -1.43. The molecule has 24 heavy (non-hydrogen) atoms. The molecule has 0 aromatic heterocycles. The van der Waals surface area contributed by atoms with E-state index in [1.54, 1.807) is 0 Å².